The minimum absolute atomic E-state index is 0.0781. The second-order valence-corrected chi connectivity index (χ2v) is 11.1. The summed E-state index contributed by atoms with van der Waals surface area (Å²) in [5.74, 6) is -1.52. The van der Waals surface area contributed by atoms with Gasteiger partial charge in [0.25, 0.3) is 0 Å². The molecular formula is C33H37N3O5. The first kappa shape index (κ1) is 28.4. The zero-order chi connectivity index (χ0) is 28.8. The summed E-state index contributed by atoms with van der Waals surface area (Å²) in [5.41, 5.74) is 5.64. The van der Waals surface area contributed by atoms with Crippen molar-refractivity contribution >= 4 is 18.0 Å². The number of carboxylic acid groups (broad SMARTS) is 1. The largest absolute Gasteiger partial charge is 0.481 e. The van der Waals surface area contributed by atoms with Crippen molar-refractivity contribution in [3.05, 3.63) is 95.6 Å². The van der Waals surface area contributed by atoms with Crippen molar-refractivity contribution < 1.29 is 24.2 Å². The van der Waals surface area contributed by atoms with Crippen molar-refractivity contribution in [2.24, 2.45) is 5.92 Å². The van der Waals surface area contributed by atoms with Crippen molar-refractivity contribution in [3.63, 3.8) is 0 Å². The summed E-state index contributed by atoms with van der Waals surface area (Å²) in [6.07, 6.45) is 1.60. The van der Waals surface area contributed by atoms with E-state index in [1.165, 1.54) is 0 Å². The zero-order valence-corrected chi connectivity index (χ0v) is 23.3. The summed E-state index contributed by atoms with van der Waals surface area (Å²) >= 11 is 0. The van der Waals surface area contributed by atoms with E-state index in [9.17, 15) is 19.5 Å². The lowest BCUT2D eigenvalue weighted by Crippen LogP contribution is -2.54. The maximum absolute atomic E-state index is 13.4. The highest BCUT2D eigenvalue weighted by Gasteiger charge is 2.32. The number of ether oxygens (including phenoxy) is 1. The Kier molecular flexibility index (Phi) is 8.99. The molecule has 0 radical (unpaired) electrons. The summed E-state index contributed by atoms with van der Waals surface area (Å²) in [6.45, 7) is 1.06. The maximum Gasteiger partial charge on any atom is 0.407 e. The van der Waals surface area contributed by atoms with Gasteiger partial charge >= 0.3 is 12.1 Å². The lowest BCUT2D eigenvalue weighted by atomic mass is 9.86. The van der Waals surface area contributed by atoms with Gasteiger partial charge in [-0.2, -0.15) is 0 Å². The average molecular weight is 556 g/mol. The molecule has 41 heavy (non-hydrogen) atoms. The van der Waals surface area contributed by atoms with Crippen LogP contribution in [-0.2, 0) is 20.9 Å². The predicted molar refractivity (Wildman–Crippen MR) is 156 cm³/mol. The number of amides is 2. The number of carboxylic acids is 1. The van der Waals surface area contributed by atoms with E-state index in [0.29, 0.717) is 32.2 Å². The monoisotopic (exact) mass is 555 g/mol. The normalized spacial score (nSPS) is 18.7. The van der Waals surface area contributed by atoms with Gasteiger partial charge in [0.2, 0.25) is 5.91 Å². The Morgan fingerprint density at radius 2 is 1.46 bits per heavy atom. The van der Waals surface area contributed by atoms with Crippen LogP contribution in [0, 0.1) is 5.92 Å². The molecule has 2 aliphatic carbocycles. The van der Waals surface area contributed by atoms with Crippen LogP contribution in [0.3, 0.4) is 0 Å². The van der Waals surface area contributed by atoms with Crippen molar-refractivity contribution in [1.82, 2.24) is 15.5 Å². The molecule has 5 rings (SSSR count). The Bertz CT molecular complexity index is 1320. The topological polar surface area (TPSA) is 108 Å². The van der Waals surface area contributed by atoms with Crippen LogP contribution in [0.25, 0.3) is 11.1 Å². The minimum atomic E-state index is -0.837. The third-order valence-corrected chi connectivity index (χ3v) is 8.16. The van der Waals surface area contributed by atoms with Gasteiger partial charge in [0.05, 0.1) is 5.92 Å². The zero-order valence-electron chi connectivity index (χ0n) is 23.3. The predicted octanol–water partition coefficient (Wildman–Crippen LogP) is 4.79. The molecule has 0 aliphatic heterocycles. The highest BCUT2D eigenvalue weighted by Crippen LogP contribution is 2.44. The molecule has 0 aromatic heterocycles. The van der Waals surface area contributed by atoms with Crippen molar-refractivity contribution in [1.29, 1.82) is 0 Å². The number of hydrogen-bond acceptors (Lipinski definition) is 5. The minimum Gasteiger partial charge on any atom is -0.481 e. The molecule has 0 saturated heterocycles. The molecule has 1 atom stereocenters. The number of carbonyl (C=O) groups excluding carboxylic acids is 2. The van der Waals surface area contributed by atoms with Crippen LogP contribution in [0.15, 0.2) is 78.9 Å². The van der Waals surface area contributed by atoms with E-state index in [4.69, 9.17) is 4.74 Å². The highest BCUT2D eigenvalue weighted by atomic mass is 16.5. The third-order valence-electron chi connectivity index (χ3n) is 8.16. The Morgan fingerprint density at radius 1 is 0.878 bits per heavy atom. The van der Waals surface area contributed by atoms with E-state index < -0.39 is 18.1 Å². The standard InChI is InChI=1S/C33H37N3O5/c1-36(19-22-9-3-2-4-10-22)20-30(31(37)34-24-17-15-23(16-18-24)32(38)39)35-33(40)41-21-29-27-13-7-5-11-25(27)26-12-6-8-14-28(26)29/h2-14,23-24,29-30H,15-21H2,1H3,(H,34,37)(H,35,40)(H,38,39). The Morgan fingerprint density at radius 3 is 2.07 bits per heavy atom. The quantitative estimate of drug-likeness (QED) is 0.332. The Labute approximate surface area is 240 Å². The maximum atomic E-state index is 13.4. The SMILES string of the molecule is CN(Cc1ccccc1)CC(NC(=O)OCC1c2ccccc2-c2ccccc21)C(=O)NC1CCC(C(=O)O)CC1. The number of benzene rings is 3. The third kappa shape index (κ3) is 6.95. The molecule has 8 nitrogen and oxygen atoms in total. The summed E-state index contributed by atoms with van der Waals surface area (Å²) in [7, 11) is 1.91. The number of rotatable bonds is 10. The number of nitrogens with zero attached hydrogens (tertiary/aromatic N) is 1. The van der Waals surface area contributed by atoms with Crippen molar-refractivity contribution in [2.75, 3.05) is 20.2 Å². The lowest BCUT2D eigenvalue weighted by molar-refractivity contribution is -0.142. The van der Waals surface area contributed by atoms with Gasteiger partial charge < -0.3 is 20.5 Å². The molecule has 214 valence electrons. The van der Waals surface area contributed by atoms with Gasteiger partial charge in [-0.05, 0) is 60.5 Å². The van der Waals surface area contributed by atoms with Crippen LogP contribution in [0.4, 0.5) is 4.79 Å². The smallest absolute Gasteiger partial charge is 0.407 e. The molecule has 1 fully saturated rings. The van der Waals surface area contributed by atoms with Gasteiger partial charge in [0.15, 0.2) is 0 Å². The number of aliphatic carboxylic acids is 1. The van der Waals surface area contributed by atoms with Gasteiger partial charge in [0.1, 0.15) is 12.6 Å². The van der Waals surface area contributed by atoms with E-state index >= 15 is 0 Å². The number of fused-ring (bicyclic) bond motifs is 3. The van der Waals surface area contributed by atoms with Crippen LogP contribution >= 0.6 is 0 Å². The van der Waals surface area contributed by atoms with Gasteiger partial charge in [-0.15, -0.1) is 0 Å². The highest BCUT2D eigenvalue weighted by molar-refractivity contribution is 5.86. The summed E-state index contributed by atoms with van der Waals surface area (Å²) in [6, 6.07) is 25.3. The van der Waals surface area contributed by atoms with E-state index in [1.807, 2.05) is 66.5 Å². The second-order valence-electron chi connectivity index (χ2n) is 11.1. The van der Waals surface area contributed by atoms with Crippen LogP contribution in [0.5, 0.6) is 0 Å². The summed E-state index contributed by atoms with van der Waals surface area (Å²) in [5, 5.41) is 15.2. The van der Waals surface area contributed by atoms with Crippen LogP contribution in [-0.4, -0.2) is 60.3 Å². The summed E-state index contributed by atoms with van der Waals surface area (Å²) < 4.78 is 5.74. The van der Waals surface area contributed by atoms with Crippen molar-refractivity contribution in [3.8, 4) is 11.1 Å². The van der Waals surface area contributed by atoms with Gasteiger partial charge in [-0.1, -0.05) is 78.9 Å². The fourth-order valence-electron chi connectivity index (χ4n) is 6.03. The molecule has 1 saturated carbocycles. The molecule has 8 heteroatoms. The number of hydrogen-bond donors (Lipinski definition) is 3. The fraction of sp³-hybridized carbons (Fsp3) is 0.364. The van der Waals surface area contributed by atoms with E-state index in [2.05, 4.69) is 34.9 Å². The van der Waals surface area contributed by atoms with E-state index in [1.54, 1.807) is 0 Å². The molecule has 3 N–H and O–H groups in total. The lowest BCUT2D eigenvalue weighted by Gasteiger charge is -2.30. The number of carbonyl (C=O) groups is 3. The molecular weight excluding hydrogens is 518 g/mol. The molecule has 2 amide bonds. The van der Waals surface area contributed by atoms with Gasteiger partial charge in [-0.25, -0.2) is 4.79 Å². The molecule has 3 aromatic rings. The molecule has 1 unspecified atom stereocenters. The first-order valence-electron chi connectivity index (χ1n) is 14.3. The van der Waals surface area contributed by atoms with E-state index in [0.717, 1.165) is 27.8 Å². The average Bonchev–Trinajstić information content (AvgIpc) is 3.30. The number of likely N-dealkylation sites (N-methyl/N-ethyl adjacent to an activating group) is 1. The molecule has 0 bridgehead atoms. The van der Waals surface area contributed by atoms with Gasteiger partial charge in [-0.3, -0.25) is 14.5 Å². The molecule has 3 aromatic carbocycles. The van der Waals surface area contributed by atoms with Gasteiger partial charge in [0, 0.05) is 25.0 Å². The van der Waals surface area contributed by atoms with Crippen LogP contribution in [0.1, 0.15) is 48.3 Å². The fourth-order valence-corrected chi connectivity index (χ4v) is 6.03. The van der Waals surface area contributed by atoms with Crippen molar-refractivity contribution in [2.45, 2.75) is 50.2 Å². The first-order valence-corrected chi connectivity index (χ1v) is 14.3. The number of nitrogens with one attached hydrogen (secondary N) is 2. The van der Waals surface area contributed by atoms with Crippen LogP contribution in [0.2, 0.25) is 0 Å². The second kappa shape index (κ2) is 13.0. The molecule has 0 heterocycles. The summed E-state index contributed by atoms with van der Waals surface area (Å²) in [4.78, 5) is 39.8. The molecule has 0 spiro atoms. The Hall–Kier alpha value is -4.17. The first-order chi connectivity index (χ1) is 19.9. The molecule has 2 aliphatic rings. The Balaban J connectivity index is 1.23. The van der Waals surface area contributed by atoms with Crippen LogP contribution < -0.4 is 10.6 Å². The number of alkyl carbamates (subject to hydrolysis) is 1. The van der Waals surface area contributed by atoms with E-state index in [-0.39, 0.29) is 36.9 Å².